The van der Waals surface area contributed by atoms with Gasteiger partial charge in [0.15, 0.2) is 0 Å². The van der Waals surface area contributed by atoms with E-state index in [1.54, 1.807) is 61.2 Å². The van der Waals surface area contributed by atoms with Crippen molar-refractivity contribution in [3.63, 3.8) is 0 Å². The molecule has 0 aliphatic carbocycles. The molecule has 3 heterocycles. The van der Waals surface area contributed by atoms with Crippen molar-refractivity contribution in [1.82, 2.24) is 0 Å². The second kappa shape index (κ2) is 13.6. The Morgan fingerprint density at radius 2 is 1.33 bits per heavy atom. The molecule has 12 nitrogen and oxygen atoms in total. The Bertz CT molecular complexity index is 1790. The Kier molecular flexibility index (Phi) is 9.94. The smallest absolute Gasteiger partial charge is 0.345 e. The molecule has 0 saturated carbocycles. The standard InChI is InChI=1S/C33H32N2O10S3/c1-8-45-18-14-15-20-19(16-18)21-26(32(2,3)35(20)31(40)34-17-12-10-9-11-13-17)46-23(28(37)42-5)22(27(36)41-4)33(21)47-24(29(38)43-6)25(48-33)30(39)44-7/h9-16H,8H2,1-7H3,(H,34,40). The molecule has 2 amide bonds. The number of rotatable bonds is 7. The van der Waals surface area contributed by atoms with Crippen LogP contribution in [0.5, 0.6) is 5.75 Å². The van der Waals surface area contributed by atoms with Crippen LogP contribution >= 0.6 is 35.3 Å². The zero-order valence-electron chi connectivity index (χ0n) is 27.1. The van der Waals surface area contributed by atoms with E-state index in [2.05, 4.69) is 5.32 Å². The van der Waals surface area contributed by atoms with E-state index in [0.717, 1.165) is 56.6 Å². The maximum absolute atomic E-state index is 14.2. The number of carbonyl (C=O) groups is 5. The first kappa shape index (κ1) is 35.0. The number of para-hydroxylation sites is 1. The fourth-order valence-electron chi connectivity index (χ4n) is 5.62. The molecular weight excluding hydrogens is 681 g/mol. The highest BCUT2D eigenvalue weighted by Crippen LogP contribution is 2.71. The third-order valence-electron chi connectivity index (χ3n) is 7.65. The van der Waals surface area contributed by atoms with E-state index in [-0.39, 0.29) is 20.3 Å². The number of esters is 4. The van der Waals surface area contributed by atoms with Crippen molar-refractivity contribution in [1.29, 1.82) is 0 Å². The summed E-state index contributed by atoms with van der Waals surface area (Å²) >= 11 is 2.66. The van der Waals surface area contributed by atoms with Crippen LogP contribution in [0.4, 0.5) is 16.2 Å². The zero-order chi connectivity index (χ0) is 35.0. The minimum atomic E-state index is -1.71. The average Bonchev–Trinajstić information content (AvgIpc) is 3.47. The van der Waals surface area contributed by atoms with Crippen LogP contribution in [0.2, 0.25) is 0 Å². The lowest BCUT2D eigenvalue weighted by atomic mass is 9.83. The monoisotopic (exact) mass is 712 g/mol. The zero-order valence-corrected chi connectivity index (χ0v) is 29.5. The van der Waals surface area contributed by atoms with Gasteiger partial charge < -0.3 is 29.0 Å². The summed E-state index contributed by atoms with van der Waals surface area (Å²) in [7, 11) is 4.66. The molecule has 252 valence electrons. The number of amides is 2. The molecule has 0 aromatic heterocycles. The lowest BCUT2D eigenvalue weighted by Gasteiger charge is -2.50. The van der Waals surface area contributed by atoms with Gasteiger partial charge >= 0.3 is 29.9 Å². The van der Waals surface area contributed by atoms with Crippen molar-refractivity contribution in [2.24, 2.45) is 0 Å². The highest BCUT2D eigenvalue weighted by atomic mass is 32.2. The fourth-order valence-corrected chi connectivity index (χ4v) is 10.7. The number of anilines is 2. The number of nitrogens with one attached hydrogen (secondary N) is 1. The Morgan fingerprint density at radius 1 is 0.771 bits per heavy atom. The number of hydrogen-bond acceptors (Lipinski definition) is 13. The Morgan fingerprint density at radius 3 is 1.88 bits per heavy atom. The molecular formula is C33H32N2O10S3. The largest absolute Gasteiger partial charge is 0.494 e. The Balaban J connectivity index is 1.87. The Labute approximate surface area is 289 Å². The molecule has 0 fully saturated rings. The fraction of sp³-hybridized carbons (Fsp3) is 0.303. The van der Waals surface area contributed by atoms with Crippen LogP contribution < -0.4 is 15.0 Å². The number of nitrogens with zero attached hydrogens (tertiary/aromatic N) is 1. The highest BCUT2D eigenvalue weighted by molar-refractivity contribution is 8.26. The first-order valence-electron chi connectivity index (χ1n) is 14.5. The molecule has 1 spiro atoms. The van der Waals surface area contributed by atoms with Gasteiger partial charge in [-0.15, -0.1) is 0 Å². The molecule has 0 radical (unpaired) electrons. The molecule has 48 heavy (non-hydrogen) atoms. The van der Waals surface area contributed by atoms with Gasteiger partial charge in [0.1, 0.15) is 24.5 Å². The van der Waals surface area contributed by atoms with Gasteiger partial charge in [0.25, 0.3) is 0 Å². The van der Waals surface area contributed by atoms with Crippen LogP contribution in [0.3, 0.4) is 0 Å². The number of carbonyl (C=O) groups excluding carboxylic acids is 5. The quantitative estimate of drug-likeness (QED) is 0.277. The minimum absolute atomic E-state index is 0.136. The SMILES string of the molecule is CCOc1ccc2c(c1)C1=C(SC(C(=O)OC)=C(C(=O)OC)C13SC(C(=O)OC)=C(C(=O)OC)S3)C(C)(C)N2C(=O)Nc1ccccc1. The van der Waals surface area contributed by atoms with Crippen molar-refractivity contribution < 1.29 is 47.7 Å². The number of urea groups is 1. The van der Waals surface area contributed by atoms with Gasteiger partial charge in [-0.1, -0.05) is 53.5 Å². The van der Waals surface area contributed by atoms with Crippen LogP contribution in [-0.4, -0.2) is 74.6 Å². The summed E-state index contributed by atoms with van der Waals surface area (Å²) in [5.41, 5.74) is 0.522. The molecule has 15 heteroatoms. The molecule has 3 aliphatic heterocycles. The lowest BCUT2D eigenvalue weighted by molar-refractivity contribution is -0.138. The molecule has 2 aromatic carbocycles. The summed E-state index contributed by atoms with van der Waals surface area (Å²) in [6, 6.07) is 13.6. The van der Waals surface area contributed by atoms with Gasteiger partial charge in [-0.2, -0.15) is 0 Å². The molecule has 0 unspecified atom stereocenters. The van der Waals surface area contributed by atoms with E-state index in [9.17, 15) is 24.0 Å². The summed E-state index contributed by atoms with van der Waals surface area (Å²) in [5, 5.41) is 2.95. The first-order chi connectivity index (χ1) is 22.9. The van der Waals surface area contributed by atoms with E-state index >= 15 is 0 Å². The van der Waals surface area contributed by atoms with Crippen molar-refractivity contribution in [3.05, 3.63) is 79.3 Å². The molecule has 0 atom stereocenters. The van der Waals surface area contributed by atoms with Crippen molar-refractivity contribution in [2.45, 2.75) is 30.4 Å². The summed E-state index contributed by atoms with van der Waals surface area (Å²) in [5.74, 6) is -3.00. The molecule has 0 saturated heterocycles. The first-order valence-corrected chi connectivity index (χ1v) is 16.9. The second-order valence-corrected chi connectivity index (χ2v) is 14.5. The normalized spacial score (nSPS) is 17.4. The average molecular weight is 713 g/mol. The number of benzene rings is 2. The molecule has 5 rings (SSSR count). The predicted molar refractivity (Wildman–Crippen MR) is 184 cm³/mol. The van der Waals surface area contributed by atoms with Crippen LogP contribution in [0, 0.1) is 0 Å². The number of thioether (sulfide) groups is 3. The Hall–Kier alpha value is -4.34. The van der Waals surface area contributed by atoms with Crippen LogP contribution in [0.1, 0.15) is 26.3 Å². The molecule has 1 N–H and O–H groups in total. The van der Waals surface area contributed by atoms with E-state index in [0.29, 0.717) is 39.8 Å². The third kappa shape index (κ3) is 5.73. The number of hydrogen-bond donors (Lipinski definition) is 1. The number of methoxy groups -OCH3 is 4. The van der Waals surface area contributed by atoms with Crippen LogP contribution in [0.25, 0.3) is 5.57 Å². The predicted octanol–water partition coefficient (Wildman–Crippen LogP) is 5.71. The molecule has 3 aliphatic rings. The molecule has 0 bridgehead atoms. The van der Waals surface area contributed by atoms with Gasteiger partial charge in [0.05, 0.1) is 51.8 Å². The van der Waals surface area contributed by atoms with E-state index in [4.69, 9.17) is 23.7 Å². The van der Waals surface area contributed by atoms with E-state index in [1.165, 1.54) is 7.11 Å². The summed E-state index contributed by atoms with van der Waals surface area (Å²) in [4.78, 5) is 69.7. The number of ether oxygens (including phenoxy) is 5. The van der Waals surface area contributed by atoms with E-state index < -0.39 is 39.5 Å². The summed E-state index contributed by atoms with van der Waals surface area (Å²) < 4.78 is 24.7. The molecule has 2 aromatic rings. The van der Waals surface area contributed by atoms with Gasteiger partial charge in [-0.3, -0.25) is 4.90 Å². The van der Waals surface area contributed by atoms with Crippen molar-refractivity contribution >= 4 is 82.1 Å². The second-order valence-electron chi connectivity index (χ2n) is 10.8. The van der Waals surface area contributed by atoms with Gasteiger partial charge in [0.2, 0.25) is 0 Å². The van der Waals surface area contributed by atoms with Crippen LogP contribution in [-0.2, 0) is 38.1 Å². The lowest BCUT2D eigenvalue weighted by Crippen LogP contribution is -2.55. The maximum atomic E-state index is 14.2. The van der Waals surface area contributed by atoms with Crippen molar-refractivity contribution in [2.75, 3.05) is 45.3 Å². The summed E-state index contributed by atoms with van der Waals surface area (Å²) in [6.07, 6.45) is 0. The van der Waals surface area contributed by atoms with Gasteiger partial charge in [0, 0.05) is 21.7 Å². The topological polar surface area (TPSA) is 147 Å². The van der Waals surface area contributed by atoms with E-state index in [1.807, 2.05) is 13.0 Å². The minimum Gasteiger partial charge on any atom is -0.494 e. The maximum Gasteiger partial charge on any atom is 0.345 e. The number of fused-ring (bicyclic) bond motifs is 3. The highest BCUT2D eigenvalue weighted by Gasteiger charge is 2.62. The van der Waals surface area contributed by atoms with Crippen LogP contribution in [0.15, 0.2) is 73.7 Å². The van der Waals surface area contributed by atoms with Crippen molar-refractivity contribution in [3.8, 4) is 5.75 Å². The van der Waals surface area contributed by atoms with Gasteiger partial charge in [-0.05, 0) is 51.1 Å². The third-order valence-corrected chi connectivity index (χ3v) is 12.3. The van der Waals surface area contributed by atoms with Gasteiger partial charge in [-0.25, -0.2) is 24.0 Å². The summed E-state index contributed by atoms with van der Waals surface area (Å²) in [6.45, 7) is 5.75.